The summed E-state index contributed by atoms with van der Waals surface area (Å²) in [6, 6.07) is 6.16. The van der Waals surface area contributed by atoms with Crippen molar-refractivity contribution in [3.63, 3.8) is 0 Å². The van der Waals surface area contributed by atoms with Crippen LogP contribution in [0.15, 0.2) is 30.6 Å². The first kappa shape index (κ1) is 11.8. The fourth-order valence-electron chi connectivity index (χ4n) is 1.84. The van der Waals surface area contributed by atoms with Gasteiger partial charge in [-0.1, -0.05) is 13.8 Å². The van der Waals surface area contributed by atoms with Gasteiger partial charge >= 0.3 is 0 Å². The van der Waals surface area contributed by atoms with Gasteiger partial charge in [0.15, 0.2) is 0 Å². The van der Waals surface area contributed by atoms with Gasteiger partial charge in [0.2, 0.25) is 0 Å². The fraction of sp³-hybridized carbons (Fsp3) is 0.429. The van der Waals surface area contributed by atoms with E-state index >= 15 is 0 Å². The molecule has 0 N–H and O–H groups in total. The third kappa shape index (κ3) is 2.93. The normalized spacial score (nSPS) is 11.1. The highest BCUT2D eigenvalue weighted by Crippen LogP contribution is 2.20. The summed E-state index contributed by atoms with van der Waals surface area (Å²) >= 11 is 0. The third-order valence-corrected chi connectivity index (χ3v) is 2.78. The summed E-state index contributed by atoms with van der Waals surface area (Å²) in [7, 11) is 0. The van der Waals surface area contributed by atoms with Crippen molar-refractivity contribution in [2.75, 3.05) is 0 Å². The van der Waals surface area contributed by atoms with Crippen LogP contribution in [0, 0.1) is 12.8 Å². The topological polar surface area (TPSA) is 30.7 Å². The Hall–Kier alpha value is -1.64. The maximum absolute atomic E-state index is 4.55. The molecule has 0 spiro atoms. The molecule has 0 fully saturated rings. The molecule has 0 unspecified atom stereocenters. The van der Waals surface area contributed by atoms with Crippen molar-refractivity contribution in [3.05, 3.63) is 36.3 Å². The number of nitrogens with zero attached hydrogens (tertiary/aromatic N) is 3. The van der Waals surface area contributed by atoms with E-state index < -0.39 is 0 Å². The van der Waals surface area contributed by atoms with Gasteiger partial charge in [-0.25, -0.2) is 0 Å². The highest BCUT2D eigenvalue weighted by atomic mass is 15.3. The van der Waals surface area contributed by atoms with E-state index in [-0.39, 0.29) is 0 Å². The quantitative estimate of drug-likeness (QED) is 0.805. The van der Waals surface area contributed by atoms with Crippen LogP contribution in [0.4, 0.5) is 0 Å². The van der Waals surface area contributed by atoms with Crippen molar-refractivity contribution in [1.82, 2.24) is 14.8 Å². The third-order valence-electron chi connectivity index (χ3n) is 2.78. The molecule has 0 bridgehead atoms. The molecule has 3 heteroatoms. The average molecular weight is 229 g/mol. The van der Waals surface area contributed by atoms with Crippen molar-refractivity contribution in [2.45, 2.75) is 33.7 Å². The van der Waals surface area contributed by atoms with E-state index in [4.69, 9.17) is 0 Å². The second-order valence-electron chi connectivity index (χ2n) is 4.82. The second kappa shape index (κ2) is 5.13. The van der Waals surface area contributed by atoms with E-state index in [2.05, 4.69) is 40.7 Å². The molecule has 2 aromatic rings. The molecule has 0 aliphatic rings. The highest BCUT2D eigenvalue weighted by molar-refractivity contribution is 5.58. The molecule has 0 amide bonds. The molecular weight excluding hydrogens is 210 g/mol. The van der Waals surface area contributed by atoms with Gasteiger partial charge in [0.25, 0.3) is 0 Å². The molecule has 90 valence electrons. The molecule has 2 rings (SSSR count). The van der Waals surface area contributed by atoms with Crippen LogP contribution in [0.5, 0.6) is 0 Å². The molecule has 0 aromatic carbocycles. The zero-order chi connectivity index (χ0) is 12.3. The smallest absolute Gasteiger partial charge is 0.0700 e. The number of hydrogen-bond donors (Lipinski definition) is 0. The van der Waals surface area contributed by atoms with Crippen LogP contribution in [-0.4, -0.2) is 14.8 Å². The van der Waals surface area contributed by atoms with E-state index in [1.807, 2.05) is 19.2 Å². The predicted octanol–water partition coefficient (Wildman–Crippen LogP) is 3.30. The molecule has 3 nitrogen and oxygen atoms in total. The Bertz CT molecular complexity index is 471. The van der Waals surface area contributed by atoms with E-state index in [0.717, 1.165) is 29.9 Å². The second-order valence-corrected chi connectivity index (χ2v) is 4.82. The molecule has 0 aliphatic heterocycles. The Labute approximate surface area is 103 Å². The highest BCUT2D eigenvalue weighted by Gasteiger charge is 2.08. The van der Waals surface area contributed by atoms with Gasteiger partial charge in [0.1, 0.15) is 0 Å². The fourth-order valence-corrected chi connectivity index (χ4v) is 1.84. The first-order valence-corrected chi connectivity index (χ1v) is 6.11. The standard InChI is InChI=1S/C14H19N3/c1-11(2)6-8-17-14(9-12(3)16-17)13-5-4-7-15-10-13/h4-5,7,9-11H,6,8H2,1-3H3. The minimum atomic E-state index is 0.696. The molecule has 2 aromatic heterocycles. The van der Waals surface area contributed by atoms with Gasteiger partial charge in [0, 0.05) is 24.5 Å². The molecule has 2 heterocycles. The van der Waals surface area contributed by atoms with E-state index in [0.29, 0.717) is 5.92 Å². The van der Waals surface area contributed by atoms with Gasteiger partial charge in [-0.05, 0) is 37.5 Å². The summed E-state index contributed by atoms with van der Waals surface area (Å²) in [6.07, 6.45) is 4.84. The number of rotatable bonds is 4. The summed E-state index contributed by atoms with van der Waals surface area (Å²) < 4.78 is 2.09. The lowest BCUT2D eigenvalue weighted by molar-refractivity contribution is 0.489. The lowest BCUT2D eigenvalue weighted by atomic mass is 10.1. The largest absolute Gasteiger partial charge is 0.265 e. The van der Waals surface area contributed by atoms with Crippen molar-refractivity contribution in [1.29, 1.82) is 0 Å². The van der Waals surface area contributed by atoms with Crippen molar-refractivity contribution >= 4 is 0 Å². The molecule has 0 saturated heterocycles. The van der Waals surface area contributed by atoms with E-state index in [1.54, 1.807) is 6.20 Å². The number of pyridine rings is 1. The molecule has 0 saturated carbocycles. The van der Waals surface area contributed by atoms with Crippen LogP contribution >= 0.6 is 0 Å². The average Bonchev–Trinajstić information content (AvgIpc) is 2.69. The van der Waals surface area contributed by atoms with Gasteiger partial charge < -0.3 is 0 Å². The van der Waals surface area contributed by atoms with E-state index in [9.17, 15) is 0 Å². The minimum absolute atomic E-state index is 0.696. The maximum Gasteiger partial charge on any atom is 0.0700 e. The Morgan fingerprint density at radius 1 is 1.35 bits per heavy atom. The summed E-state index contributed by atoms with van der Waals surface area (Å²) in [6.45, 7) is 7.47. The van der Waals surface area contributed by atoms with Crippen LogP contribution in [0.25, 0.3) is 11.3 Å². The summed E-state index contributed by atoms with van der Waals surface area (Å²) in [4.78, 5) is 4.17. The van der Waals surface area contributed by atoms with Crippen molar-refractivity contribution < 1.29 is 0 Å². The summed E-state index contributed by atoms with van der Waals surface area (Å²) in [5.41, 5.74) is 3.36. The van der Waals surface area contributed by atoms with Gasteiger partial charge in [-0.15, -0.1) is 0 Å². The minimum Gasteiger partial charge on any atom is -0.265 e. The van der Waals surface area contributed by atoms with Gasteiger partial charge in [-0.2, -0.15) is 5.10 Å². The Kier molecular flexibility index (Phi) is 3.57. The van der Waals surface area contributed by atoms with Crippen molar-refractivity contribution in [2.24, 2.45) is 5.92 Å². The van der Waals surface area contributed by atoms with Crippen molar-refractivity contribution in [3.8, 4) is 11.3 Å². The summed E-state index contributed by atoms with van der Waals surface area (Å²) in [5.74, 6) is 0.696. The van der Waals surface area contributed by atoms with Gasteiger partial charge in [0.05, 0.1) is 11.4 Å². The lowest BCUT2D eigenvalue weighted by Gasteiger charge is -2.08. The van der Waals surface area contributed by atoms with Crippen LogP contribution in [0.3, 0.4) is 0 Å². The molecule has 17 heavy (non-hydrogen) atoms. The van der Waals surface area contributed by atoms with E-state index in [1.165, 1.54) is 0 Å². The Morgan fingerprint density at radius 2 is 2.18 bits per heavy atom. The molecular formula is C14H19N3. The Balaban J connectivity index is 2.28. The number of aryl methyl sites for hydroxylation is 2. The van der Waals surface area contributed by atoms with Gasteiger partial charge in [-0.3, -0.25) is 9.67 Å². The zero-order valence-electron chi connectivity index (χ0n) is 10.7. The Morgan fingerprint density at radius 3 is 2.82 bits per heavy atom. The van der Waals surface area contributed by atoms with Crippen LogP contribution < -0.4 is 0 Å². The molecule has 0 aliphatic carbocycles. The monoisotopic (exact) mass is 229 g/mol. The summed E-state index contributed by atoms with van der Waals surface area (Å²) in [5, 5.41) is 4.55. The SMILES string of the molecule is Cc1cc(-c2cccnc2)n(CCC(C)C)n1. The lowest BCUT2D eigenvalue weighted by Crippen LogP contribution is -2.05. The maximum atomic E-state index is 4.55. The van der Waals surface area contributed by atoms with Crippen LogP contribution in [0.2, 0.25) is 0 Å². The first-order chi connectivity index (χ1) is 8.16. The number of aromatic nitrogens is 3. The molecule has 0 atom stereocenters. The molecule has 0 radical (unpaired) electrons. The first-order valence-electron chi connectivity index (χ1n) is 6.11. The number of hydrogen-bond acceptors (Lipinski definition) is 2. The van der Waals surface area contributed by atoms with Crippen LogP contribution in [0.1, 0.15) is 26.0 Å². The zero-order valence-corrected chi connectivity index (χ0v) is 10.7. The predicted molar refractivity (Wildman–Crippen MR) is 69.7 cm³/mol. The van der Waals surface area contributed by atoms with Crippen LogP contribution in [-0.2, 0) is 6.54 Å².